The van der Waals surface area contributed by atoms with Gasteiger partial charge in [-0.25, -0.2) is 0 Å². The molecule has 1 aromatic carbocycles. The molecule has 0 aliphatic carbocycles. The van der Waals surface area contributed by atoms with Gasteiger partial charge in [-0.15, -0.1) is 0 Å². The fraction of sp³-hybridized carbons (Fsp3) is 0.222. The standard InChI is InChI=1S/C9H11ClN2O2/c10-7-3-1-2-6(4-11)9(7)14-5-8(12)13/h1-3H,4-5,11H2,(H2,12,13). The fourth-order valence-electron chi connectivity index (χ4n) is 1.02. The highest BCUT2D eigenvalue weighted by Gasteiger charge is 2.07. The Balaban J connectivity index is 2.87. The summed E-state index contributed by atoms with van der Waals surface area (Å²) in [6, 6.07) is 5.21. The van der Waals surface area contributed by atoms with E-state index in [1.165, 1.54) is 0 Å². The number of amides is 1. The monoisotopic (exact) mass is 214 g/mol. The number of rotatable bonds is 4. The summed E-state index contributed by atoms with van der Waals surface area (Å²) in [6.07, 6.45) is 0. The van der Waals surface area contributed by atoms with E-state index in [9.17, 15) is 4.79 Å². The number of hydrogen-bond donors (Lipinski definition) is 2. The van der Waals surface area contributed by atoms with Crippen LogP contribution in [-0.2, 0) is 11.3 Å². The SMILES string of the molecule is NCc1cccc(Cl)c1OCC(N)=O. The molecule has 14 heavy (non-hydrogen) atoms. The lowest BCUT2D eigenvalue weighted by Gasteiger charge is -2.10. The molecule has 0 spiro atoms. The van der Waals surface area contributed by atoms with Crippen LogP contribution in [-0.4, -0.2) is 12.5 Å². The van der Waals surface area contributed by atoms with Crippen molar-refractivity contribution in [2.45, 2.75) is 6.54 Å². The van der Waals surface area contributed by atoms with E-state index in [0.29, 0.717) is 17.3 Å². The van der Waals surface area contributed by atoms with Crippen LogP contribution < -0.4 is 16.2 Å². The lowest BCUT2D eigenvalue weighted by atomic mass is 10.2. The van der Waals surface area contributed by atoms with Gasteiger partial charge in [0.2, 0.25) is 0 Å². The molecule has 0 heterocycles. The van der Waals surface area contributed by atoms with Crippen molar-refractivity contribution in [2.24, 2.45) is 11.5 Å². The van der Waals surface area contributed by atoms with E-state index in [4.69, 9.17) is 27.8 Å². The molecule has 0 aromatic heterocycles. The molecule has 1 amide bonds. The first kappa shape index (κ1) is 10.8. The maximum absolute atomic E-state index is 10.5. The van der Waals surface area contributed by atoms with E-state index in [1.54, 1.807) is 18.2 Å². The Morgan fingerprint density at radius 3 is 2.79 bits per heavy atom. The molecule has 4 N–H and O–H groups in total. The molecule has 0 radical (unpaired) electrons. The largest absolute Gasteiger partial charge is 0.482 e. The topological polar surface area (TPSA) is 78.3 Å². The van der Waals surface area contributed by atoms with E-state index in [1.807, 2.05) is 0 Å². The maximum atomic E-state index is 10.5. The van der Waals surface area contributed by atoms with Gasteiger partial charge in [-0.1, -0.05) is 23.7 Å². The molecule has 0 fully saturated rings. The van der Waals surface area contributed by atoms with Crippen LogP contribution in [0.25, 0.3) is 0 Å². The van der Waals surface area contributed by atoms with Gasteiger partial charge in [0.05, 0.1) is 5.02 Å². The zero-order chi connectivity index (χ0) is 10.6. The van der Waals surface area contributed by atoms with Gasteiger partial charge in [0.1, 0.15) is 5.75 Å². The molecule has 4 nitrogen and oxygen atoms in total. The van der Waals surface area contributed by atoms with E-state index in [2.05, 4.69) is 0 Å². The second-order valence-corrected chi connectivity index (χ2v) is 3.09. The van der Waals surface area contributed by atoms with Crippen molar-refractivity contribution in [3.8, 4) is 5.75 Å². The molecule has 76 valence electrons. The first-order valence-corrected chi connectivity index (χ1v) is 4.41. The van der Waals surface area contributed by atoms with Crippen molar-refractivity contribution in [2.75, 3.05) is 6.61 Å². The quantitative estimate of drug-likeness (QED) is 0.773. The third-order valence-electron chi connectivity index (χ3n) is 1.63. The van der Waals surface area contributed by atoms with Crippen LogP contribution in [0.4, 0.5) is 0 Å². The summed E-state index contributed by atoms with van der Waals surface area (Å²) >= 11 is 5.86. The Morgan fingerprint density at radius 1 is 1.50 bits per heavy atom. The lowest BCUT2D eigenvalue weighted by Crippen LogP contribution is -2.20. The average Bonchev–Trinajstić information content (AvgIpc) is 2.15. The number of carbonyl (C=O) groups excluding carboxylic acids is 1. The summed E-state index contributed by atoms with van der Waals surface area (Å²) in [7, 11) is 0. The van der Waals surface area contributed by atoms with E-state index < -0.39 is 5.91 Å². The summed E-state index contributed by atoms with van der Waals surface area (Å²) in [6.45, 7) is 0.103. The minimum Gasteiger partial charge on any atom is -0.482 e. The zero-order valence-electron chi connectivity index (χ0n) is 7.50. The fourth-order valence-corrected chi connectivity index (χ4v) is 1.27. The highest BCUT2D eigenvalue weighted by atomic mass is 35.5. The minimum atomic E-state index is -0.548. The van der Waals surface area contributed by atoms with Gasteiger partial charge in [-0.2, -0.15) is 0 Å². The highest BCUT2D eigenvalue weighted by molar-refractivity contribution is 6.32. The third-order valence-corrected chi connectivity index (χ3v) is 1.92. The smallest absolute Gasteiger partial charge is 0.255 e. The average molecular weight is 215 g/mol. The van der Waals surface area contributed by atoms with E-state index >= 15 is 0 Å². The summed E-state index contributed by atoms with van der Waals surface area (Å²) in [5.74, 6) is -0.122. The first-order chi connectivity index (χ1) is 6.65. The molecular weight excluding hydrogens is 204 g/mol. The van der Waals surface area contributed by atoms with Gasteiger partial charge in [0.15, 0.2) is 6.61 Å². The Hall–Kier alpha value is -1.26. The predicted octanol–water partition coefficient (Wildman–Crippen LogP) is 0.663. The van der Waals surface area contributed by atoms with Crippen LogP contribution in [0, 0.1) is 0 Å². The van der Waals surface area contributed by atoms with Gasteiger partial charge in [-0.3, -0.25) is 4.79 Å². The lowest BCUT2D eigenvalue weighted by molar-refractivity contribution is -0.119. The van der Waals surface area contributed by atoms with Crippen LogP contribution in [0.1, 0.15) is 5.56 Å². The molecule has 1 aromatic rings. The van der Waals surface area contributed by atoms with Gasteiger partial charge in [0.25, 0.3) is 5.91 Å². The van der Waals surface area contributed by atoms with Gasteiger partial charge < -0.3 is 16.2 Å². The van der Waals surface area contributed by atoms with E-state index in [0.717, 1.165) is 5.56 Å². The normalized spacial score (nSPS) is 9.86. The van der Waals surface area contributed by atoms with Crippen molar-refractivity contribution in [1.82, 2.24) is 0 Å². The van der Waals surface area contributed by atoms with Gasteiger partial charge in [-0.05, 0) is 6.07 Å². The van der Waals surface area contributed by atoms with Crippen molar-refractivity contribution < 1.29 is 9.53 Å². The van der Waals surface area contributed by atoms with Crippen molar-refractivity contribution in [3.05, 3.63) is 28.8 Å². The molecule has 0 saturated heterocycles. The van der Waals surface area contributed by atoms with Crippen LogP contribution in [0.5, 0.6) is 5.75 Å². The van der Waals surface area contributed by atoms with Crippen molar-refractivity contribution in [1.29, 1.82) is 0 Å². The summed E-state index contributed by atoms with van der Waals surface area (Å²) < 4.78 is 5.13. The Kier molecular flexibility index (Phi) is 3.73. The molecule has 5 heteroatoms. The summed E-state index contributed by atoms with van der Waals surface area (Å²) in [4.78, 5) is 10.5. The number of para-hydroxylation sites is 1. The number of nitrogens with two attached hydrogens (primary N) is 2. The molecule has 0 unspecified atom stereocenters. The Bertz CT molecular complexity index is 342. The van der Waals surface area contributed by atoms with E-state index in [-0.39, 0.29) is 6.61 Å². The van der Waals surface area contributed by atoms with Crippen molar-refractivity contribution >= 4 is 17.5 Å². The predicted molar refractivity (Wildman–Crippen MR) is 54.0 cm³/mol. The molecule has 0 bridgehead atoms. The van der Waals surface area contributed by atoms with Gasteiger partial charge >= 0.3 is 0 Å². The van der Waals surface area contributed by atoms with Crippen LogP contribution in [0.3, 0.4) is 0 Å². The number of carbonyl (C=O) groups is 1. The van der Waals surface area contributed by atoms with Gasteiger partial charge in [0, 0.05) is 12.1 Å². The second-order valence-electron chi connectivity index (χ2n) is 2.69. The number of ether oxygens (including phenoxy) is 1. The third kappa shape index (κ3) is 2.61. The Labute approximate surface area is 86.8 Å². The molecule has 0 saturated carbocycles. The number of benzene rings is 1. The minimum absolute atomic E-state index is 0.198. The number of halogens is 1. The number of primary amides is 1. The Morgan fingerprint density at radius 2 is 2.21 bits per heavy atom. The summed E-state index contributed by atoms with van der Waals surface area (Å²) in [5, 5.41) is 0.425. The molecule has 0 atom stereocenters. The molecule has 0 aliphatic rings. The summed E-state index contributed by atoms with van der Waals surface area (Å²) in [5.41, 5.74) is 11.2. The second kappa shape index (κ2) is 4.83. The maximum Gasteiger partial charge on any atom is 0.255 e. The number of hydrogen-bond acceptors (Lipinski definition) is 3. The highest BCUT2D eigenvalue weighted by Crippen LogP contribution is 2.28. The first-order valence-electron chi connectivity index (χ1n) is 4.03. The molecule has 1 rings (SSSR count). The molecule has 0 aliphatic heterocycles. The zero-order valence-corrected chi connectivity index (χ0v) is 8.25. The van der Waals surface area contributed by atoms with Crippen molar-refractivity contribution in [3.63, 3.8) is 0 Å². The van der Waals surface area contributed by atoms with Crippen LogP contribution in [0.15, 0.2) is 18.2 Å². The van der Waals surface area contributed by atoms with Crippen LogP contribution in [0.2, 0.25) is 5.02 Å². The molecular formula is C9H11ClN2O2. The van der Waals surface area contributed by atoms with Crippen LogP contribution >= 0.6 is 11.6 Å².